The molecule has 0 radical (unpaired) electrons. The summed E-state index contributed by atoms with van der Waals surface area (Å²) >= 11 is 5.78. The van der Waals surface area contributed by atoms with Crippen molar-refractivity contribution in [1.29, 1.82) is 0 Å². The summed E-state index contributed by atoms with van der Waals surface area (Å²) in [6.07, 6.45) is 0.505. The number of halogens is 1. The van der Waals surface area contributed by atoms with Gasteiger partial charge >= 0.3 is 5.97 Å². The molecule has 1 heterocycles. The van der Waals surface area contributed by atoms with Gasteiger partial charge in [-0.2, -0.15) is 0 Å². The van der Waals surface area contributed by atoms with Gasteiger partial charge in [0.2, 0.25) is 0 Å². The zero-order valence-electron chi connectivity index (χ0n) is 14.3. The van der Waals surface area contributed by atoms with Gasteiger partial charge in [0.25, 0.3) is 5.91 Å². The zero-order chi connectivity index (χ0) is 19.3. The van der Waals surface area contributed by atoms with Crippen LogP contribution in [0, 0.1) is 0 Å². The molecule has 1 atom stereocenters. The normalized spacial score (nSPS) is 14.3. The Kier molecular flexibility index (Phi) is 6.30. The fourth-order valence-electron chi connectivity index (χ4n) is 2.48. The molecular weight excluding hydrogens is 360 g/mol. The van der Waals surface area contributed by atoms with E-state index in [2.05, 4.69) is 5.32 Å². The largest absolute Gasteiger partial charge is 0.497 e. The molecular formula is C18H19ClN2O5. The smallest absolute Gasteiger partial charge is 0.326 e. The highest BCUT2D eigenvalue weighted by molar-refractivity contribution is 6.30. The summed E-state index contributed by atoms with van der Waals surface area (Å²) in [4.78, 5) is 21.5. The molecule has 2 aromatic rings. The highest BCUT2D eigenvalue weighted by Gasteiger charge is 2.25. The maximum absolute atomic E-state index is 10.9. The number of carbonyl (C=O) groups is 2. The molecule has 0 fully saturated rings. The molecule has 1 aliphatic rings. The minimum absolute atomic E-state index is 0.350. The van der Waals surface area contributed by atoms with Crippen LogP contribution >= 0.6 is 11.6 Å². The Morgan fingerprint density at radius 1 is 1.19 bits per heavy atom. The van der Waals surface area contributed by atoms with E-state index in [0.717, 1.165) is 11.3 Å². The molecule has 4 N–H and O–H groups in total. The van der Waals surface area contributed by atoms with Crippen molar-refractivity contribution in [3.05, 3.63) is 52.5 Å². The van der Waals surface area contributed by atoms with Crippen LogP contribution in [0.5, 0.6) is 11.5 Å². The average molecular weight is 379 g/mol. The van der Waals surface area contributed by atoms with Crippen LogP contribution in [-0.2, 0) is 11.2 Å². The van der Waals surface area contributed by atoms with E-state index in [1.54, 1.807) is 43.5 Å². The number of aliphatic carboxylic acids is 1. The highest BCUT2D eigenvalue weighted by atomic mass is 35.5. The number of hydrogen-bond acceptors (Lipinski definition) is 5. The Morgan fingerprint density at radius 2 is 1.92 bits per heavy atom. The van der Waals surface area contributed by atoms with Crippen molar-refractivity contribution < 1.29 is 24.2 Å². The van der Waals surface area contributed by atoms with Gasteiger partial charge in [-0.05, 0) is 35.9 Å². The monoisotopic (exact) mass is 378 g/mol. The SMILES string of the molecule is COc1ccc(C(N)=O)c(OC)c1.O=C(O)C1Cc2cc(Cl)ccc2N1. The second-order valence-electron chi connectivity index (χ2n) is 5.47. The van der Waals surface area contributed by atoms with Crippen LogP contribution in [0.1, 0.15) is 15.9 Å². The standard InChI is InChI=1S/C9H8ClNO2.C9H11NO3/c10-6-1-2-7-5(3-6)4-8(11-7)9(12)13;1-12-6-3-4-7(9(10)11)8(5-6)13-2/h1-3,8,11H,4H2,(H,12,13);3-5H,1-2H3,(H2,10,11). The van der Waals surface area contributed by atoms with Crippen molar-refractivity contribution in [2.24, 2.45) is 5.73 Å². The maximum atomic E-state index is 10.9. The van der Waals surface area contributed by atoms with Crippen LogP contribution in [0.4, 0.5) is 5.69 Å². The van der Waals surface area contributed by atoms with Crippen LogP contribution in [0.2, 0.25) is 5.02 Å². The van der Waals surface area contributed by atoms with E-state index in [0.29, 0.717) is 28.5 Å². The average Bonchev–Trinajstić information content (AvgIpc) is 3.05. The molecule has 0 spiro atoms. The zero-order valence-corrected chi connectivity index (χ0v) is 15.0. The van der Waals surface area contributed by atoms with Gasteiger partial charge in [-0.1, -0.05) is 11.6 Å². The lowest BCUT2D eigenvalue weighted by molar-refractivity contribution is -0.137. The number of primary amides is 1. The summed E-state index contributed by atoms with van der Waals surface area (Å²) in [5.74, 6) is -0.291. The number of nitrogens with two attached hydrogens (primary N) is 1. The Balaban J connectivity index is 0.000000187. The van der Waals surface area contributed by atoms with Crippen molar-refractivity contribution in [3.8, 4) is 11.5 Å². The first kappa shape index (κ1) is 19.4. The van der Waals surface area contributed by atoms with Gasteiger partial charge in [-0.3, -0.25) is 4.79 Å². The molecule has 2 aromatic carbocycles. The number of rotatable bonds is 4. The van der Waals surface area contributed by atoms with Gasteiger partial charge in [0.05, 0.1) is 19.8 Å². The summed E-state index contributed by atoms with van der Waals surface area (Å²) in [5, 5.41) is 12.3. The number of ether oxygens (including phenoxy) is 2. The van der Waals surface area contributed by atoms with Crippen LogP contribution in [-0.4, -0.2) is 37.2 Å². The quantitative estimate of drug-likeness (QED) is 0.754. The number of hydrogen-bond donors (Lipinski definition) is 3. The molecule has 26 heavy (non-hydrogen) atoms. The molecule has 8 heteroatoms. The van der Waals surface area contributed by atoms with E-state index in [4.69, 9.17) is 31.9 Å². The second-order valence-corrected chi connectivity index (χ2v) is 5.91. The predicted octanol–water partition coefficient (Wildman–Crippen LogP) is 2.56. The number of fused-ring (bicyclic) bond motifs is 1. The van der Waals surface area contributed by atoms with E-state index in [1.807, 2.05) is 0 Å². The Labute approximate surface area is 155 Å². The van der Waals surface area contributed by atoms with E-state index in [-0.39, 0.29) is 0 Å². The fraction of sp³-hybridized carbons (Fsp3) is 0.222. The number of benzene rings is 2. The van der Waals surface area contributed by atoms with Crippen LogP contribution in [0.3, 0.4) is 0 Å². The highest BCUT2D eigenvalue weighted by Crippen LogP contribution is 2.28. The number of nitrogens with one attached hydrogen (secondary N) is 1. The molecule has 0 saturated carbocycles. The molecule has 0 bridgehead atoms. The van der Waals surface area contributed by atoms with Gasteiger partial charge in [-0.25, -0.2) is 4.79 Å². The maximum Gasteiger partial charge on any atom is 0.326 e. The van der Waals surface area contributed by atoms with E-state index < -0.39 is 17.9 Å². The lowest BCUT2D eigenvalue weighted by Gasteiger charge is -2.06. The molecule has 0 saturated heterocycles. The van der Waals surface area contributed by atoms with Crippen LogP contribution in [0.25, 0.3) is 0 Å². The third-order valence-corrected chi connectivity index (χ3v) is 4.03. The summed E-state index contributed by atoms with van der Waals surface area (Å²) in [5.41, 5.74) is 7.32. The lowest BCUT2D eigenvalue weighted by atomic mass is 10.1. The van der Waals surface area contributed by atoms with Crippen molar-refractivity contribution in [2.75, 3.05) is 19.5 Å². The second kappa shape index (κ2) is 8.44. The van der Waals surface area contributed by atoms with Gasteiger partial charge in [0, 0.05) is 23.2 Å². The molecule has 1 amide bonds. The van der Waals surface area contributed by atoms with Crippen LogP contribution < -0.4 is 20.5 Å². The summed E-state index contributed by atoms with van der Waals surface area (Å²) in [7, 11) is 3.01. The number of amides is 1. The predicted molar refractivity (Wildman–Crippen MR) is 98.3 cm³/mol. The third kappa shape index (κ3) is 4.58. The molecule has 1 unspecified atom stereocenters. The van der Waals surface area contributed by atoms with Gasteiger partial charge in [0.1, 0.15) is 17.5 Å². The van der Waals surface area contributed by atoms with Crippen molar-refractivity contribution in [1.82, 2.24) is 0 Å². The number of carbonyl (C=O) groups excluding carboxylic acids is 1. The molecule has 138 valence electrons. The third-order valence-electron chi connectivity index (χ3n) is 3.79. The topological polar surface area (TPSA) is 111 Å². The summed E-state index contributed by atoms with van der Waals surface area (Å²) < 4.78 is 9.93. The van der Waals surface area contributed by atoms with Gasteiger partial charge in [0.15, 0.2) is 0 Å². The van der Waals surface area contributed by atoms with E-state index >= 15 is 0 Å². The number of carboxylic acid groups (broad SMARTS) is 1. The first-order chi connectivity index (χ1) is 12.3. The minimum Gasteiger partial charge on any atom is -0.497 e. The summed E-state index contributed by atoms with van der Waals surface area (Å²) in [6, 6.07) is 9.68. The first-order valence-corrected chi connectivity index (χ1v) is 8.03. The Hall–Kier alpha value is -2.93. The van der Waals surface area contributed by atoms with E-state index in [1.165, 1.54) is 7.11 Å². The molecule has 0 aliphatic carbocycles. The number of anilines is 1. The Bertz CT molecular complexity index is 825. The fourth-order valence-corrected chi connectivity index (χ4v) is 2.68. The molecule has 0 aromatic heterocycles. The number of carboxylic acids is 1. The van der Waals surface area contributed by atoms with Gasteiger partial charge < -0.3 is 25.6 Å². The molecule has 3 rings (SSSR count). The molecule has 7 nitrogen and oxygen atoms in total. The van der Waals surface area contributed by atoms with Crippen molar-refractivity contribution in [3.63, 3.8) is 0 Å². The van der Waals surface area contributed by atoms with Gasteiger partial charge in [-0.15, -0.1) is 0 Å². The minimum atomic E-state index is -0.827. The molecule has 1 aliphatic heterocycles. The number of methoxy groups -OCH3 is 2. The van der Waals surface area contributed by atoms with Crippen molar-refractivity contribution in [2.45, 2.75) is 12.5 Å². The lowest BCUT2D eigenvalue weighted by Crippen LogP contribution is -2.26. The van der Waals surface area contributed by atoms with E-state index in [9.17, 15) is 9.59 Å². The Morgan fingerprint density at radius 3 is 2.50 bits per heavy atom. The summed E-state index contributed by atoms with van der Waals surface area (Å²) in [6.45, 7) is 0. The van der Waals surface area contributed by atoms with Crippen molar-refractivity contribution >= 4 is 29.2 Å². The first-order valence-electron chi connectivity index (χ1n) is 7.65. The van der Waals surface area contributed by atoms with Crippen LogP contribution in [0.15, 0.2) is 36.4 Å².